The number of rotatable bonds is 5. The van der Waals surface area contributed by atoms with Crippen molar-refractivity contribution in [3.63, 3.8) is 0 Å². The van der Waals surface area contributed by atoms with Crippen molar-refractivity contribution < 1.29 is 0 Å². The van der Waals surface area contributed by atoms with E-state index in [4.69, 9.17) is 11.6 Å². The number of hydrazone groups is 1. The third-order valence-electron chi connectivity index (χ3n) is 3.49. The molecule has 2 nitrogen and oxygen atoms in total. The normalized spacial score (nSPS) is 11.3. The van der Waals surface area contributed by atoms with Crippen molar-refractivity contribution in [3.8, 4) is 0 Å². The summed E-state index contributed by atoms with van der Waals surface area (Å²) in [6, 6.07) is 28.1. The van der Waals surface area contributed by atoms with Crippen LogP contribution in [0.4, 0.5) is 5.69 Å². The van der Waals surface area contributed by atoms with Crippen molar-refractivity contribution in [1.82, 2.24) is 0 Å². The number of nitrogens with zero attached hydrogens (tertiary/aromatic N) is 1. The SMILES string of the molecule is Clc1ccc(NN=C(Cc2ccccc2)c2ccccc2)cc1. The van der Waals surface area contributed by atoms with Crippen LogP contribution in [0.2, 0.25) is 5.02 Å². The minimum atomic E-state index is 0.715. The van der Waals surface area contributed by atoms with Crippen LogP contribution in [0, 0.1) is 0 Å². The molecule has 1 N–H and O–H groups in total. The summed E-state index contributed by atoms with van der Waals surface area (Å²) in [6.45, 7) is 0. The Hall–Kier alpha value is -2.58. The first-order valence-electron chi connectivity index (χ1n) is 7.49. The zero-order valence-corrected chi connectivity index (χ0v) is 13.4. The van der Waals surface area contributed by atoms with Crippen molar-refractivity contribution in [1.29, 1.82) is 0 Å². The summed E-state index contributed by atoms with van der Waals surface area (Å²) in [5.41, 5.74) is 7.36. The lowest BCUT2D eigenvalue weighted by atomic mass is 10.0. The van der Waals surface area contributed by atoms with Crippen molar-refractivity contribution in [2.45, 2.75) is 6.42 Å². The molecule has 0 saturated heterocycles. The van der Waals surface area contributed by atoms with Gasteiger partial charge in [0.15, 0.2) is 0 Å². The van der Waals surface area contributed by atoms with Gasteiger partial charge in [0.25, 0.3) is 0 Å². The van der Waals surface area contributed by atoms with Gasteiger partial charge in [-0.1, -0.05) is 72.3 Å². The highest BCUT2D eigenvalue weighted by molar-refractivity contribution is 6.30. The van der Waals surface area contributed by atoms with Crippen LogP contribution < -0.4 is 5.43 Å². The lowest BCUT2D eigenvalue weighted by molar-refractivity contribution is 1.25. The molecule has 0 atom stereocenters. The van der Waals surface area contributed by atoms with E-state index in [2.05, 4.69) is 34.8 Å². The summed E-state index contributed by atoms with van der Waals surface area (Å²) in [6.07, 6.45) is 0.769. The second-order valence-corrected chi connectivity index (χ2v) is 5.64. The van der Waals surface area contributed by atoms with Crippen molar-refractivity contribution >= 4 is 23.0 Å². The highest BCUT2D eigenvalue weighted by Crippen LogP contribution is 2.14. The van der Waals surface area contributed by atoms with Crippen LogP contribution in [-0.2, 0) is 6.42 Å². The van der Waals surface area contributed by atoms with Crippen LogP contribution >= 0.6 is 11.6 Å². The molecular formula is C20H17ClN2. The van der Waals surface area contributed by atoms with Crippen LogP contribution in [0.5, 0.6) is 0 Å². The fourth-order valence-electron chi connectivity index (χ4n) is 2.28. The summed E-state index contributed by atoms with van der Waals surface area (Å²) >= 11 is 5.91. The summed E-state index contributed by atoms with van der Waals surface area (Å²) in [7, 11) is 0. The lowest BCUT2D eigenvalue weighted by Gasteiger charge is -2.09. The minimum Gasteiger partial charge on any atom is -0.278 e. The van der Waals surface area contributed by atoms with E-state index in [1.165, 1.54) is 5.56 Å². The number of halogens is 1. The van der Waals surface area contributed by atoms with E-state index in [1.54, 1.807) is 0 Å². The molecule has 3 heteroatoms. The van der Waals surface area contributed by atoms with E-state index < -0.39 is 0 Å². The first kappa shape index (κ1) is 15.3. The molecule has 0 heterocycles. The second kappa shape index (κ2) is 7.61. The molecule has 3 aromatic rings. The first-order chi connectivity index (χ1) is 11.3. The maximum Gasteiger partial charge on any atom is 0.0723 e. The Bertz CT molecular complexity index is 766. The predicted octanol–water partition coefficient (Wildman–Crippen LogP) is 5.40. The molecule has 0 amide bonds. The van der Waals surface area contributed by atoms with Gasteiger partial charge in [0, 0.05) is 11.4 Å². The average molecular weight is 321 g/mol. The highest BCUT2D eigenvalue weighted by Gasteiger charge is 2.05. The van der Waals surface area contributed by atoms with Gasteiger partial charge in [-0.3, -0.25) is 5.43 Å². The van der Waals surface area contributed by atoms with Crippen LogP contribution in [0.15, 0.2) is 90.0 Å². The molecule has 0 aliphatic rings. The van der Waals surface area contributed by atoms with Crippen molar-refractivity contribution in [2.24, 2.45) is 5.10 Å². The number of nitrogens with one attached hydrogen (secondary N) is 1. The molecule has 114 valence electrons. The zero-order valence-electron chi connectivity index (χ0n) is 12.6. The summed E-state index contributed by atoms with van der Waals surface area (Å²) < 4.78 is 0. The van der Waals surface area contributed by atoms with Crippen LogP contribution in [0.25, 0.3) is 0 Å². The molecule has 0 aliphatic carbocycles. The van der Waals surface area contributed by atoms with Gasteiger partial charge in [-0.05, 0) is 35.4 Å². The molecule has 23 heavy (non-hydrogen) atoms. The van der Waals surface area contributed by atoms with Crippen LogP contribution in [0.1, 0.15) is 11.1 Å². The van der Waals surface area contributed by atoms with Gasteiger partial charge in [-0.2, -0.15) is 5.10 Å². The zero-order chi connectivity index (χ0) is 15.9. The molecule has 0 unspecified atom stereocenters. The topological polar surface area (TPSA) is 24.4 Å². The van der Waals surface area contributed by atoms with E-state index in [1.807, 2.05) is 60.7 Å². The Balaban J connectivity index is 1.85. The highest BCUT2D eigenvalue weighted by atomic mass is 35.5. The smallest absolute Gasteiger partial charge is 0.0723 e. The van der Waals surface area contributed by atoms with Crippen molar-refractivity contribution in [2.75, 3.05) is 5.43 Å². The van der Waals surface area contributed by atoms with Gasteiger partial charge in [0.05, 0.1) is 11.4 Å². The van der Waals surface area contributed by atoms with E-state index in [-0.39, 0.29) is 0 Å². The van der Waals surface area contributed by atoms with Crippen LogP contribution in [-0.4, -0.2) is 5.71 Å². The lowest BCUT2D eigenvalue weighted by Crippen LogP contribution is -2.08. The van der Waals surface area contributed by atoms with Crippen molar-refractivity contribution in [3.05, 3.63) is 101 Å². The molecular weight excluding hydrogens is 304 g/mol. The van der Waals surface area contributed by atoms with E-state index in [0.717, 1.165) is 23.4 Å². The van der Waals surface area contributed by atoms with Gasteiger partial charge < -0.3 is 0 Å². The largest absolute Gasteiger partial charge is 0.278 e. The minimum absolute atomic E-state index is 0.715. The molecule has 3 aromatic carbocycles. The van der Waals surface area contributed by atoms with Crippen LogP contribution in [0.3, 0.4) is 0 Å². The summed E-state index contributed by atoms with van der Waals surface area (Å²) in [4.78, 5) is 0. The Labute approximate surface area is 141 Å². The summed E-state index contributed by atoms with van der Waals surface area (Å²) in [5, 5.41) is 5.33. The molecule has 0 spiro atoms. The molecule has 0 radical (unpaired) electrons. The molecule has 0 fully saturated rings. The quantitative estimate of drug-likeness (QED) is 0.494. The van der Waals surface area contributed by atoms with Gasteiger partial charge >= 0.3 is 0 Å². The van der Waals surface area contributed by atoms with E-state index in [9.17, 15) is 0 Å². The number of hydrogen-bond donors (Lipinski definition) is 1. The van der Waals surface area contributed by atoms with Gasteiger partial charge in [0.1, 0.15) is 0 Å². The van der Waals surface area contributed by atoms with Gasteiger partial charge in [-0.15, -0.1) is 0 Å². The summed E-state index contributed by atoms with van der Waals surface area (Å²) in [5.74, 6) is 0. The second-order valence-electron chi connectivity index (χ2n) is 5.21. The Morgan fingerprint density at radius 2 is 1.39 bits per heavy atom. The number of hydrogen-bond acceptors (Lipinski definition) is 2. The average Bonchev–Trinajstić information content (AvgIpc) is 2.61. The first-order valence-corrected chi connectivity index (χ1v) is 7.86. The fourth-order valence-corrected chi connectivity index (χ4v) is 2.41. The van der Waals surface area contributed by atoms with Gasteiger partial charge in [0.2, 0.25) is 0 Å². The molecule has 0 saturated carbocycles. The number of anilines is 1. The standard InChI is InChI=1S/C20H17ClN2/c21-18-11-13-19(14-12-18)22-23-20(17-9-5-2-6-10-17)15-16-7-3-1-4-8-16/h1-14,22H,15H2. The fraction of sp³-hybridized carbons (Fsp3) is 0.0500. The Kier molecular flexibility index (Phi) is 5.07. The molecule has 0 aliphatic heterocycles. The monoisotopic (exact) mass is 320 g/mol. The maximum atomic E-state index is 5.91. The number of benzene rings is 3. The maximum absolute atomic E-state index is 5.91. The van der Waals surface area contributed by atoms with Gasteiger partial charge in [-0.25, -0.2) is 0 Å². The third-order valence-corrected chi connectivity index (χ3v) is 3.74. The Morgan fingerprint density at radius 3 is 2.04 bits per heavy atom. The Morgan fingerprint density at radius 1 is 0.783 bits per heavy atom. The predicted molar refractivity (Wildman–Crippen MR) is 98.2 cm³/mol. The molecule has 0 aromatic heterocycles. The van der Waals surface area contributed by atoms with E-state index >= 15 is 0 Å². The molecule has 0 bridgehead atoms. The van der Waals surface area contributed by atoms with E-state index in [0.29, 0.717) is 5.02 Å². The molecule has 3 rings (SSSR count). The third kappa shape index (κ3) is 4.44.